The third-order valence-corrected chi connectivity index (χ3v) is 6.47. The van der Waals surface area contributed by atoms with Gasteiger partial charge in [0, 0.05) is 38.3 Å². The van der Waals surface area contributed by atoms with Gasteiger partial charge in [-0.05, 0) is 31.4 Å². The van der Waals surface area contributed by atoms with Crippen molar-refractivity contribution >= 4 is 29.9 Å². The smallest absolute Gasteiger partial charge is 0.237 e. The Bertz CT molecular complexity index is 694. The highest BCUT2D eigenvalue weighted by molar-refractivity contribution is 6.05. The molecule has 1 saturated carbocycles. The summed E-state index contributed by atoms with van der Waals surface area (Å²) in [5.74, 6) is 0.141. The van der Waals surface area contributed by atoms with Gasteiger partial charge >= 0.3 is 0 Å². The van der Waals surface area contributed by atoms with Crippen LogP contribution in [-0.2, 0) is 9.59 Å². The number of para-hydroxylation sites is 1. The van der Waals surface area contributed by atoms with Gasteiger partial charge in [0.15, 0.2) is 0 Å². The van der Waals surface area contributed by atoms with Crippen LogP contribution in [-0.4, -0.2) is 54.5 Å². The highest BCUT2D eigenvalue weighted by Gasteiger charge is 2.51. The largest absolute Gasteiger partial charge is 0.369 e. The Labute approximate surface area is 168 Å². The van der Waals surface area contributed by atoms with Crippen molar-refractivity contribution in [2.75, 3.05) is 37.7 Å². The van der Waals surface area contributed by atoms with Gasteiger partial charge in [0.05, 0.1) is 12.1 Å². The van der Waals surface area contributed by atoms with Gasteiger partial charge in [-0.3, -0.25) is 19.4 Å². The Morgan fingerprint density at radius 2 is 1.63 bits per heavy atom. The molecule has 0 bridgehead atoms. The predicted molar refractivity (Wildman–Crippen MR) is 109 cm³/mol. The summed E-state index contributed by atoms with van der Waals surface area (Å²) >= 11 is 0. The number of hydrogen-bond donors (Lipinski definition) is 0. The number of carbonyl (C=O) groups is 2. The Kier molecular flexibility index (Phi) is 6.11. The van der Waals surface area contributed by atoms with Gasteiger partial charge in [-0.15, -0.1) is 12.4 Å². The number of anilines is 1. The predicted octanol–water partition coefficient (Wildman–Crippen LogP) is 3.21. The van der Waals surface area contributed by atoms with Crippen molar-refractivity contribution < 1.29 is 9.59 Å². The molecule has 4 rings (SSSR count). The molecule has 1 aromatic carbocycles. The molecule has 1 spiro atoms. The van der Waals surface area contributed by atoms with E-state index in [1.165, 1.54) is 17.7 Å². The fraction of sp³-hybridized carbons (Fsp3) is 0.619. The zero-order valence-corrected chi connectivity index (χ0v) is 17.0. The van der Waals surface area contributed by atoms with Crippen molar-refractivity contribution in [2.45, 2.75) is 45.4 Å². The van der Waals surface area contributed by atoms with Crippen LogP contribution in [0.4, 0.5) is 5.69 Å². The molecule has 1 aromatic rings. The van der Waals surface area contributed by atoms with E-state index < -0.39 is 0 Å². The highest BCUT2D eigenvalue weighted by atomic mass is 35.5. The van der Waals surface area contributed by atoms with E-state index >= 15 is 0 Å². The summed E-state index contributed by atoms with van der Waals surface area (Å²) < 4.78 is 0. The van der Waals surface area contributed by atoms with Crippen molar-refractivity contribution in [3.8, 4) is 0 Å². The minimum Gasteiger partial charge on any atom is -0.369 e. The number of hydrogen-bond acceptors (Lipinski definition) is 4. The van der Waals surface area contributed by atoms with Crippen LogP contribution in [0.15, 0.2) is 24.3 Å². The van der Waals surface area contributed by atoms with E-state index in [1.807, 2.05) is 0 Å². The normalized spacial score (nSPS) is 23.0. The summed E-state index contributed by atoms with van der Waals surface area (Å²) in [6, 6.07) is 8.47. The molecule has 0 aromatic heterocycles. The maximum absolute atomic E-state index is 13.0. The van der Waals surface area contributed by atoms with E-state index in [0.717, 1.165) is 51.9 Å². The van der Waals surface area contributed by atoms with Gasteiger partial charge in [-0.2, -0.15) is 0 Å². The SMILES string of the molecule is Cc1ccccc1N1CCN(CN2C(=O)CC3(CCCCC3)C2=O)CC1.Cl. The summed E-state index contributed by atoms with van der Waals surface area (Å²) in [4.78, 5) is 31.7. The van der Waals surface area contributed by atoms with Crippen molar-refractivity contribution in [1.29, 1.82) is 0 Å². The quantitative estimate of drug-likeness (QED) is 0.742. The van der Waals surface area contributed by atoms with Crippen LogP contribution < -0.4 is 4.90 Å². The van der Waals surface area contributed by atoms with Crippen molar-refractivity contribution in [2.24, 2.45) is 5.41 Å². The fourth-order valence-corrected chi connectivity index (χ4v) is 4.87. The minimum absolute atomic E-state index is 0. The molecule has 2 heterocycles. The molecular formula is C21H30ClN3O2. The van der Waals surface area contributed by atoms with Gasteiger partial charge in [0.2, 0.25) is 11.8 Å². The molecule has 0 N–H and O–H groups in total. The summed E-state index contributed by atoms with van der Waals surface area (Å²) in [5.41, 5.74) is 2.23. The number of amides is 2. The second-order valence-electron chi connectivity index (χ2n) is 8.18. The van der Waals surface area contributed by atoms with Crippen LogP contribution in [0, 0.1) is 12.3 Å². The number of rotatable bonds is 3. The number of halogens is 1. The zero-order chi connectivity index (χ0) is 18.1. The number of piperazine rings is 1. The molecule has 0 unspecified atom stereocenters. The first-order valence-corrected chi connectivity index (χ1v) is 9.97. The van der Waals surface area contributed by atoms with E-state index in [4.69, 9.17) is 0 Å². The first-order valence-electron chi connectivity index (χ1n) is 9.97. The Balaban J connectivity index is 0.00000210. The standard InChI is InChI=1S/C21H29N3O2.ClH/c1-17-7-3-4-8-18(17)23-13-11-22(12-14-23)16-24-19(25)15-21(20(24)26)9-5-2-6-10-21;/h3-4,7-8H,2,5-6,9-16H2,1H3;1H. The molecule has 2 aliphatic heterocycles. The zero-order valence-electron chi connectivity index (χ0n) is 16.2. The molecule has 2 amide bonds. The van der Waals surface area contributed by atoms with Crippen molar-refractivity contribution in [3.63, 3.8) is 0 Å². The van der Waals surface area contributed by atoms with Gasteiger partial charge in [0.1, 0.15) is 0 Å². The van der Waals surface area contributed by atoms with Crippen molar-refractivity contribution in [1.82, 2.24) is 9.80 Å². The highest BCUT2D eigenvalue weighted by Crippen LogP contribution is 2.45. The average Bonchev–Trinajstić information content (AvgIpc) is 2.87. The van der Waals surface area contributed by atoms with E-state index in [9.17, 15) is 9.59 Å². The number of carbonyl (C=O) groups excluding carboxylic acids is 2. The van der Waals surface area contributed by atoms with Crippen LogP contribution >= 0.6 is 12.4 Å². The van der Waals surface area contributed by atoms with Crippen molar-refractivity contribution in [3.05, 3.63) is 29.8 Å². The van der Waals surface area contributed by atoms with Crippen LogP contribution in [0.3, 0.4) is 0 Å². The summed E-state index contributed by atoms with van der Waals surface area (Å²) in [6.45, 7) is 6.27. The molecule has 148 valence electrons. The molecule has 2 saturated heterocycles. The molecule has 1 aliphatic carbocycles. The molecule has 3 aliphatic rings. The van der Waals surface area contributed by atoms with Crippen LogP contribution in [0.25, 0.3) is 0 Å². The van der Waals surface area contributed by atoms with E-state index in [1.54, 1.807) is 4.90 Å². The molecule has 27 heavy (non-hydrogen) atoms. The van der Waals surface area contributed by atoms with E-state index in [2.05, 4.69) is 41.0 Å². The Morgan fingerprint density at radius 3 is 2.30 bits per heavy atom. The fourth-order valence-electron chi connectivity index (χ4n) is 4.87. The number of nitrogens with zero attached hydrogens (tertiary/aromatic N) is 3. The lowest BCUT2D eigenvalue weighted by Crippen LogP contribution is -2.51. The lowest BCUT2D eigenvalue weighted by Gasteiger charge is -2.38. The maximum atomic E-state index is 13.0. The number of aryl methyl sites for hydroxylation is 1. The lowest BCUT2D eigenvalue weighted by atomic mass is 9.73. The van der Waals surface area contributed by atoms with Gasteiger partial charge in [-0.1, -0.05) is 37.5 Å². The second kappa shape index (κ2) is 8.19. The van der Waals surface area contributed by atoms with E-state index in [-0.39, 0.29) is 29.6 Å². The molecule has 3 fully saturated rings. The topological polar surface area (TPSA) is 43.9 Å². The van der Waals surface area contributed by atoms with Gasteiger partial charge < -0.3 is 4.90 Å². The molecular weight excluding hydrogens is 362 g/mol. The third kappa shape index (κ3) is 3.85. The summed E-state index contributed by atoms with van der Waals surface area (Å²) in [5, 5.41) is 0. The number of imide groups is 1. The second-order valence-corrected chi connectivity index (χ2v) is 8.18. The first-order chi connectivity index (χ1) is 12.6. The minimum atomic E-state index is -0.363. The summed E-state index contributed by atoms with van der Waals surface area (Å²) in [6.07, 6.45) is 5.60. The molecule has 0 atom stereocenters. The van der Waals surface area contributed by atoms with Crippen LogP contribution in [0.1, 0.15) is 44.1 Å². The monoisotopic (exact) mass is 391 g/mol. The van der Waals surface area contributed by atoms with Crippen LogP contribution in [0.2, 0.25) is 0 Å². The molecule has 6 heteroatoms. The summed E-state index contributed by atoms with van der Waals surface area (Å²) in [7, 11) is 0. The Morgan fingerprint density at radius 1 is 0.963 bits per heavy atom. The number of benzene rings is 1. The third-order valence-electron chi connectivity index (χ3n) is 6.47. The Hall–Kier alpha value is -1.59. The molecule has 0 radical (unpaired) electrons. The maximum Gasteiger partial charge on any atom is 0.237 e. The van der Waals surface area contributed by atoms with Gasteiger partial charge in [0.25, 0.3) is 0 Å². The van der Waals surface area contributed by atoms with E-state index in [0.29, 0.717) is 13.1 Å². The lowest BCUT2D eigenvalue weighted by molar-refractivity contribution is -0.144. The first kappa shape index (κ1) is 20.2. The molecule has 5 nitrogen and oxygen atoms in total. The number of likely N-dealkylation sites (tertiary alicyclic amines) is 1. The van der Waals surface area contributed by atoms with Crippen LogP contribution in [0.5, 0.6) is 0 Å². The van der Waals surface area contributed by atoms with Gasteiger partial charge in [-0.25, -0.2) is 0 Å². The average molecular weight is 392 g/mol.